The van der Waals surface area contributed by atoms with Gasteiger partial charge in [0, 0.05) is 12.5 Å². The standard InChI is InChI=1S/C29H29ClN2O5/c30-27(33)26(16-8-9-17-31-28(34)36-18-20-10-2-1-3-11-20)32-29(35)37-19-25-23-14-6-4-12-21(23)22-13-5-7-15-24(22)25/h1-7,10-15,25-26H,8-9,16-19H2,(H,31,34)(H,32,35)/t26-/m0/s1. The molecule has 0 heterocycles. The molecule has 7 nitrogen and oxygen atoms in total. The molecule has 0 saturated carbocycles. The van der Waals surface area contributed by atoms with Crippen molar-refractivity contribution >= 4 is 29.0 Å². The van der Waals surface area contributed by atoms with E-state index in [-0.39, 0.29) is 19.1 Å². The van der Waals surface area contributed by atoms with E-state index in [2.05, 4.69) is 22.8 Å². The van der Waals surface area contributed by atoms with E-state index in [1.807, 2.05) is 66.7 Å². The zero-order valence-electron chi connectivity index (χ0n) is 20.3. The van der Waals surface area contributed by atoms with Crippen LogP contribution >= 0.6 is 11.6 Å². The Labute approximate surface area is 221 Å². The second kappa shape index (κ2) is 12.9. The fourth-order valence-corrected chi connectivity index (χ4v) is 4.63. The van der Waals surface area contributed by atoms with Gasteiger partial charge in [-0.1, -0.05) is 78.9 Å². The highest BCUT2D eigenvalue weighted by atomic mass is 35.5. The molecule has 0 fully saturated rings. The molecule has 4 rings (SSSR count). The van der Waals surface area contributed by atoms with Gasteiger partial charge in [0.1, 0.15) is 19.3 Å². The number of benzene rings is 3. The Bertz CT molecular complexity index is 1190. The zero-order valence-corrected chi connectivity index (χ0v) is 21.1. The number of hydrogen-bond donors (Lipinski definition) is 2. The minimum absolute atomic E-state index is 0.0731. The van der Waals surface area contributed by atoms with E-state index in [0.29, 0.717) is 25.8 Å². The number of amides is 2. The largest absolute Gasteiger partial charge is 0.449 e. The third-order valence-corrected chi connectivity index (χ3v) is 6.57. The van der Waals surface area contributed by atoms with Crippen molar-refractivity contribution in [2.24, 2.45) is 0 Å². The first-order valence-electron chi connectivity index (χ1n) is 12.3. The van der Waals surface area contributed by atoms with Crippen molar-refractivity contribution in [3.8, 4) is 11.1 Å². The van der Waals surface area contributed by atoms with E-state index < -0.39 is 23.5 Å². The molecule has 0 unspecified atom stereocenters. The number of ether oxygens (including phenoxy) is 2. The molecule has 3 aromatic rings. The molecule has 0 aliphatic heterocycles. The maximum atomic E-state index is 12.5. The van der Waals surface area contributed by atoms with Crippen LogP contribution < -0.4 is 10.6 Å². The molecule has 37 heavy (non-hydrogen) atoms. The Morgan fingerprint density at radius 3 is 2.05 bits per heavy atom. The summed E-state index contributed by atoms with van der Waals surface area (Å²) in [5, 5.41) is 4.58. The van der Waals surface area contributed by atoms with Crippen molar-refractivity contribution in [2.75, 3.05) is 13.2 Å². The summed E-state index contributed by atoms with van der Waals surface area (Å²) >= 11 is 5.71. The molecule has 192 valence electrons. The highest BCUT2D eigenvalue weighted by molar-refractivity contribution is 6.64. The molecule has 1 aliphatic rings. The first-order chi connectivity index (χ1) is 18.0. The summed E-state index contributed by atoms with van der Waals surface area (Å²) in [4.78, 5) is 36.2. The van der Waals surface area contributed by atoms with E-state index in [0.717, 1.165) is 27.8 Å². The van der Waals surface area contributed by atoms with E-state index in [1.165, 1.54) is 0 Å². The lowest BCUT2D eigenvalue weighted by molar-refractivity contribution is -0.113. The molecule has 1 atom stereocenters. The minimum Gasteiger partial charge on any atom is -0.449 e. The smallest absolute Gasteiger partial charge is 0.407 e. The monoisotopic (exact) mass is 520 g/mol. The molecule has 0 aromatic heterocycles. The fraction of sp³-hybridized carbons (Fsp3) is 0.276. The van der Waals surface area contributed by atoms with Crippen molar-refractivity contribution in [3.05, 3.63) is 95.6 Å². The number of nitrogens with one attached hydrogen (secondary N) is 2. The zero-order chi connectivity index (χ0) is 26.0. The third kappa shape index (κ3) is 7.11. The van der Waals surface area contributed by atoms with Crippen LogP contribution in [-0.2, 0) is 20.9 Å². The second-order valence-electron chi connectivity index (χ2n) is 8.81. The van der Waals surface area contributed by atoms with Gasteiger partial charge in [0.05, 0.1) is 0 Å². The van der Waals surface area contributed by atoms with E-state index in [4.69, 9.17) is 21.1 Å². The lowest BCUT2D eigenvalue weighted by atomic mass is 9.98. The topological polar surface area (TPSA) is 93.7 Å². The number of alkyl carbamates (subject to hydrolysis) is 2. The van der Waals surface area contributed by atoms with E-state index in [1.54, 1.807) is 0 Å². The maximum absolute atomic E-state index is 12.5. The summed E-state index contributed by atoms with van der Waals surface area (Å²) in [5.74, 6) is -0.0731. The molecule has 1 aliphatic carbocycles. The molecular formula is C29H29ClN2O5. The average molecular weight is 521 g/mol. The van der Waals surface area contributed by atoms with Crippen LogP contribution in [0.5, 0.6) is 0 Å². The van der Waals surface area contributed by atoms with Crippen molar-refractivity contribution in [1.82, 2.24) is 10.6 Å². The van der Waals surface area contributed by atoms with Gasteiger partial charge in [0.2, 0.25) is 5.24 Å². The van der Waals surface area contributed by atoms with Crippen LogP contribution in [0.15, 0.2) is 78.9 Å². The summed E-state index contributed by atoms with van der Waals surface area (Å²) in [5.41, 5.74) is 5.39. The lowest BCUT2D eigenvalue weighted by Gasteiger charge is -2.17. The van der Waals surface area contributed by atoms with Gasteiger partial charge < -0.3 is 20.1 Å². The van der Waals surface area contributed by atoms with E-state index in [9.17, 15) is 14.4 Å². The SMILES string of the molecule is O=C(NCCCC[C@H](NC(=O)OCC1c2ccccc2-c2ccccc21)C(=O)Cl)OCc1ccccc1. The Kier molecular flexibility index (Phi) is 9.16. The quantitative estimate of drug-likeness (QED) is 0.248. The van der Waals surface area contributed by atoms with E-state index >= 15 is 0 Å². The molecule has 2 amide bonds. The molecule has 0 spiro atoms. The van der Waals surface area contributed by atoms with Crippen LogP contribution in [0.25, 0.3) is 11.1 Å². The minimum atomic E-state index is -0.873. The van der Waals surface area contributed by atoms with Crippen LogP contribution in [0, 0.1) is 0 Å². The van der Waals surface area contributed by atoms with Gasteiger partial charge in [-0.25, -0.2) is 9.59 Å². The van der Waals surface area contributed by atoms with Gasteiger partial charge in [-0.2, -0.15) is 0 Å². The predicted octanol–water partition coefficient (Wildman–Crippen LogP) is 5.76. The van der Waals surface area contributed by atoms with Crippen LogP contribution in [0.4, 0.5) is 9.59 Å². The Morgan fingerprint density at radius 1 is 0.784 bits per heavy atom. The first-order valence-corrected chi connectivity index (χ1v) is 12.7. The summed E-state index contributed by atoms with van der Waals surface area (Å²) in [6.07, 6.45) is 0.279. The second-order valence-corrected chi connectivity index (χ2v) is 9.18. The first kappa shape index (κ1) is 26.2. The number of carbonyl (C=O) groups is 3. The number of fused-ring (bicyclic) bond motifs is 3. The lowest BCUT2D eigenvalue weighted by Crippen LogP contribution is -2.39. The number of unbranched alkanes of at least 4 members (excludes halogenated alkanes) is 1. The Morgan fingerprint density at radius 2 is 1.41 bits per heavy atom. The molecule has 3 aromatic carbocycles. The van der Waals surface area contributed by atoms with Gasteiger partial charge >= 0.3 is 12.2 Å². The average Bonchev–Trinajstić information content (AvgIpc) is 3.24. The van der Waals surface area contributed by atoms with Crippen LogP contribution in [0.3, 0.4) is 0 Å². The van der Waals surface area contributed by atoms with Crippen molar-refractivity contribution in [2.45, 2.75) is 37.8 Å². The predicted molar refractivity (Wildman–Crippen MR) is 141 cm³/mol. The van der Waals surface area contributed by atoms with Gasteiger partial charge in [-0.05, 0) is 58.7 Å². The summed E-state index contributed by atoms with van der Waals surface area (Å²) < 4.78 is 10.7. The fourth-order valence-electron chi connectivity index (χ4n) is 4.46. The third-order valence-electron chi connectivity index (χ3n) is 6.31. The summed E-state index contributed by atoms with van der Waals surface area (Å²) in [7, 11) is 0. The summed E-state index contributed by atoms with van der Waals surface area (Å²) in [6, 6.07) is 24.7. The molecule has 2 N–H and O–H groups in total. The number of hydrogen-bond acceptors (Lipinski definition) is 5. The molecule has 0 saturated heterocycles. The number of carbonyl (C=O) groups excluding carboxylic acids is 3. The molecule has 8 heteroatoms. The molecule has 0 radical (unpaired) electrons. The highest BCUT2D eigenvalue weighted by Crippen LogP contribution is 2.44. The van der Waals surface area contributed by atoms with Gasteiger partial charge in [-0.3, -0.25) is 4.79 Å². The number of halogens is 1. The van der Waals surface area contributed by atoms with Gasteiger partial charge in [0.25, 0.3) is 0 Å². The Balaban J connectivity index is 1.18. The van der Waals surface area contributed by atoms with Crippen molar-refractivity contribution in [1.29, 1.82) is 0 Å². The van der Waals surface area contributed by atoms with Crippen molar-refractivity contribution in [3.63, 3.8) is 0 Å². The van der Waals surface area contributed by atoms with Crippen LogP contribution in [-0.4, -0.2) is 36.6 Å². The normalized spacial score (nSPS) is 12.7. The van der Waals surface area contributed by atoms with Gasteiger partial charge in [-0.15, -0.1) is 0 Å². The molecular weight excluding hydrogens is 492 g/mol. The van der Waals surface area contributed by atoms with Crippen LogP contribution in [0.1, 0.15) is 41.9 Å². The van der Waals surface area contributed by atoms with Crippen LogP contribution in [0.2, 0.25) is 0 Å². The molecule has 0 bridgehead atoms. The van der Waals surface area contributed by atoms with Gasteiger partial charge in [0.15, 0.2) is 0 Å². The highest BCUT2D eigenvalue weighted by Gasteiger charge is 2.29. The number of rotatable bonds is 11. The maximum Gasteiger partial charge on any atom is 0.407 e. The Hall–Kier alpha value is -3.84. The summed E-state index contributed by atoms with van der Waals surface area (Å²) in [6.45, 7) is 0.722. The van der Waals surface area contributed by atoms with Crippen molar-refractivity contribution < 1.29 is 23.9 Å².